The first-order valence-electron chi connectivity index (χ1n) is 7.75. The summed E-state index contributed by atoms with van der Waals surface area (Å²) in [6.45, 7) is 3.49. The highest BCUT2D eigenvalue weighted by molar-refractivity contribution is 5.95. The van der Waals surface area contributed by atoms with E-state index in [1.165, 1.54) is 0 Å². The second-order valence-electron chi connectivity index (χ2n) is 5.59. The summed E-state index contributed by atoms with van der Waals surface area (Å²) in [4.78, 5) is 12.5. The molecule has 3 rings (SSSR count). The number of amides is 1. The number of rotatable bonds is 5. The highest BCUT2D eigenvalue weighted by Gasteiger charge is 2.21. The van der Waals surface area contributed by atoms with Gasteiger partial charge >= 0.3 is 0 Å². The van der Waals surface area contributed by atoms with Gasteiger partial charge in [0.1, 0.15) is 0 Å². The van der Waals surface area contributed by atoms with Crippen molar-refractivity contribution in [3.05, 3.63) is 48.3 Å². The van der Waals surface area contributed by atoms with E-state index in [4.69, 9.17) is 4.74 Å². The van der Waals surface area contributed by atoms with E-state index >= 15 is 0 Å². The Hall–Kier alpha value is -2.14. The van der Waals surface area contributed by atoms with Crippen LogP contribution in [0.4, 0.5) is 5.69 Å². The van der Waals surface area contributed by atoms with Crippen LogP contribution >= 0.6 is 0 Å². The van der Waals surface area contributed by atoms with E-state index in [0.717, 1.165) is 30.7 Å². The number of anilines is 1. The number of carbonyl (C=O) groups is 1. The molecule has 2 aromatic rings. The standard InChI is InChI=1S/C17H21N3O2/c1-2-16(13-6-4-3-5-7-13)17(21)19-14-10-18-20(11-14)15-8-9-22-12-15/h3-7,10-11,15-16H,2,8-9,12H2,1H3,(H,19,21)/t15-,16+/m0/s1. The summed E-state index contributed by atoms with van der Waals surface area (Å²) in [5.41, 5.74) is 1.78. The Balaban J connectivity index is 1.68. The Morgan fingerprint density at radius 2 is 2.27 bits per heavy atom. The van der Waals surface area contributed by atoms with Crippen LogP contribution in [0.15, 0.2) is 42.7 Å². The van der Waals surface area contributed by atoms with Crippen molar-refractivity contribution in [2.45, 2.75) is 31.7 Å². The molecule has 22 heavy (non-hydrogen) atoms. The number of aromatic nitrogens is 2. The van der Waals surface area contributed by atoms with Crippen LogP contribution in [0.25, 0.3) is 0 Å². The lowest BCUT2D eigenvalue weighted by Gasteiger charge is -2.14. The lowest BCUT2D eigenvalue weighted by atomic mass is 9.96. The molecule has 1 aliphatic heterocycles. The minimum atomic E-state index is -0.139. The highest BCUT2D eigenvalue weighted by atomic mass is 16.5. The third kappa shape index (κ3) is 3.20. The van der Waals surface area contributed by atoms with Gasteiger partial charge in [-0.3, -0.25) is 9.48 Å². The summed E-state index contributed by atoms with van der Waals surface area (Å²) in [5.74, 6) is -0.129. The predicted octanol–water partition coefficient (Wildman–Crippen LogP) is 2.98. The van der Waals surface area contributed by atoms with E-state index in [1.807, 2.05) is 48.1 Å². The molecule has 1 aliphatic rings. The number of nitrogens with one attached hydrogen (secondary N) is 1. The van der Waals surface area contributed by atoms with Gasteiger partial charge in [-0.2, -0.15) is 5.10 Å². The van der Waals surface area contributed by atoms with Gasteiger partial charge in [0.25, 0.3) is 0 Å². The zero-order valence-electron chi connectivity index (χ0n) is 12.7. The molecule has 0 unspecified atom stereocenters. The normalized spacial score (nSPS) is 19.0. The van der Waals surface area contributed by atoms with Crippen LogP contribution in [0.2, 0.25) is 0 Å². The second-order valence-corrected chi connectivity index (χ2v) is 5.59. The van der Waals surface area contributed by atoms with Crippen LogP contribution in [0.1, 0.15) is 37.3 Å². The number of benzene rings is 1. The monoisotopic (exact) mass is 299 g/mol. The average molecular weight is 299 g/mol. The minimum absolute atomic E-state index is 0.0101. The average Bonchev–Trinajstić information content (AvgIpc) is 3.20. The van der Waals surface area contributed by atoms with Gasteiger partial charge in [-0.1, -0.05) is 37.3 Å². The summed E-state index contributed by atoms with van der Waals surface area (Å²) >= 11 is 0. The molecular weight excluding hydrogens is 278 g/mol. The predicted molar refractivity (Wildman–Crippen MR) is 84.8 cm³/mol. The number of nitrogens with zero attached hydrogens (tertiary/aromatic N) is 2. The van der Waals surface area contributed by atoms with Gasteiger partial charge in [0.2, 0.25) is 5.91 Å². The molecule has 1 amide bonds. The van der Waals surface area contributed by atoms with Crippen molar-refractivity contribution in [2.24, 2.45) is 0 Å². The Morgan fingerprint density at radius 3 is 2.95 bits per heavy atom. The molecule has 5 nitrogen and oxygen atoms in total. The van der Waals surface area contributed by atoms with E-state index < -0.39 is 0 Å². The van der Waals surface area contributed by atoms with Gasteiger partial charge in [0, 0.05) is 12.8 Å². The fourth-order valence-electron chi connectivity index (χ4n) is 2.82. The molecule has 2 heterocycles. The van der Waals surface area contributed by atoms with Crippen LogP contribution in [0.5, 0.6) is 0 Å². The topological polar surface area (TPSA) is 56.2 Å². The number of hydrogen-bond acceptors (Lipinski definition) is 3. The SMILES string of the molecule is CC[C@@H](C(=O)Nc1cnn([C@H]2CCOC2)c1)c1ccccc1. The van der Waals surface area contributed by atoms with Crippen molar-refractivity contribution in [1.29, 1.82) is 0 Å². The molecule has 2 atom stereocenters. The fraction of sp³-hybridized carbons (Fsp3) is 0.412. The summed E-state index contributed by atoms with van der Waals surface area (Å²) in [6, 6.07) is 10.1. The van der Waals surface area contributed by atoms with Crippen molar-refractivity contribution >= 4 is 11.6 Å². The Labute approximate surface area is 130 Å². The van der Waals surface area contributed by atoms with Crippen molar-refractivity contribution in [3.63, 3.8) is 0 Å². The molecule has 0 radical (unpaired) electrons. The summed E-state index contributed by atoms with van der Waals surface area (Å²) < 4.78 is 7.25. The maximum Gasteiger partial charge on any atom is 0.231 e. The number of carbonyl (C=O) groups excluding carboxylic acids is 1. The largest absolute Gasteiger partial charge is 0.379 e. The molecule has 0 aliphatic carbocycles. The zero-order chi connectivity index (χ0) is 15.4. The van der Waals surface area contributed by atoms with Gasteiger partial charge in [-0.25, -0.2) is 0 Å². The smallest absolute Gasteiger partial charge is 0.231 e. The van der Waals surface area contributed by atoms with E-state index in [0.29, 0.717) is 6.61 Å². The van der Waals surface area contributed by atoms with Gasteiger partial charge in [0.05, 0.1) is 30.5 Å². The molecule has 1 N–H and O–H groups in total. The van der Waals surface area contributed by atoms with Crippen LogP contribution in [-0.4, -0.2) is 28.9 Å². The van der Waals surface area contributed by atoms with Crippen LogP contribution < -0.4 is 5.32 Å². The summed E-state index contributed by atoms with van der Waals surface area (Å²) in [5, 5.41) is 7.30. The maximum atomic E-state index is 12.5. The first-order valence-corrected chi connectivity index (χ1v) is 7.75. The van der Waals surface area contributed by atoms with Crippen LogP contribution in [-0.2, 0) is 9.53 Å². The van der Waals surface area contributed by atoms with E-state index in [9.17, 15) is 4.79 Å². The number of hydrogen-bond donors (Lipinski definition) is 1. The Morgan fingerprint density at radius 1 is 1.45 bits per heavy atom. The quantitative estimate of drug-likeness (QED) is 0.923. The van der Waals surface area contributed by atoms with Crippen molar-refractivity contribution in [2.75, 3.05) is 18.5 Å². The first-order chi connectivity index (χ1) is 10.8. The van der Waals surface area contributed by atoms with Gasteiger partial charge in [-0.15, -0.1) is 0 Å². The third-order valence-corrected chi connectivity index (χ3v) is 4.08. The maximum absolute atomic E-state index is 12.5. The molecule has 116 valence electrons. The molecule has 5 heteroatoms. The highest BCUT2D eigenvalue weighted by Crippen LogP contribution is 2.23. The van der Waals surface area contributed by atoms with Gasteiger partial charge < -0.3 is 10.1 Å². The lowest BCUT2D eigenvalue weighted by molar-refractivity contribution is -0.117. The molecule has 1 saturated heterocycles. The van der Waals surface area contributed by atoms with Gasteiger partial charge in [-0.05, 0) is 18.4 Å². The Kier molecular flexibility index (Phi) is 4.53. The summed E-state index contributed by atoms with van der Waals surface area (Å²) in [6.07, 6.45) is 5.32. The molecular formula is C17H21N3O2. The summed E-state index contributed by atoms with van der Waals surface area (Å²) in [7, 11) is 0. The van der Waals surface area contributed by atoms with Crippen molar-refractivity contribution in [1.82, 2.24) is 9.78 Å². The fourth-order valence-corrected chi connectivity index (χ4v) is 2.82. The molecule has 0 spiro atoms. The third-order valence-electron chi connectivity index (χ3n) is 4.08. The number of ether oxygens (including phenoxy) is 1. The van der Waals surface area contributed by atoms with Gasteiger partial charge in [0.15, 0.2) is 0 Å². The molecule has 1 aromatic heterocycles. The minimum Gasteiger partial charge on any atom is -0.379 e. The Bertz CT molecular complexity index is 618. The molecule has 1 aromatic carbocycles. The van der Waals surface area contributed by atoms with E-state index in [1.54, 1.807) is 6.20 Å². The molecule has 0 saturated carbocycles. The van der Waals surface area contributed by atoms with Crippen molar-refractivity contribution in [3.8, 4) is 0 Å². The van der Waals surface area contributed by atoms with E-state index in [-0.39, 0.29) is 17.9 Å². The molecule has 1 fully saturated rings. The van der Waals surface area contributed by atoms with Crippen LogP contribution in [0.3, 0.4) is 0 Å². The second kappa shape index (κ2) is 6.75. The van der Waals surface area contributed by atoms with Crippen LogP contribution in [0, 0.1) is 0 Å². The van der Waals surface area contributed by atoms with Crippen molar-refractivity contribution < 1.29 is 9.53 Å². The lowest BCUT2D eigenvalue weighted by Crippen LogP contribution is -2.20. The first kappa shape index (κ1) is 14.8. The molecule has 0 bridgehead atoms. The van der Waals surface area contributed by atoms with E-state index in [2.05, 4.69) is 10.4 Å². The zero-order valence-corrected chi connectivity index (χ0v) is 12.7.